The molecular formula is C33H45F4N7O6S. The van der Waals surface area contributed by atoms with Crippen molar-refractivity contribution in [3.63, 3.8) is 0 Å². The number of carbonyl (C=O) groups is 1. The largest absolute Gasteiger partial charge is 0.448 e. The van der Waals surface area contributed by atoms with Gasteiger partial charge < -0.3 is 28.9 Å². The van der Waals surface area contributed by atoms with E-state index in [-0.39, 0.29) is 28.9 Å². The molecule has 2 aromatic rings. The topological polar surface area (TPSA) is 130 Å². The minimum absolute atomic E-state index is 0.0260. The van der Waals surface area contributed by atoms with E-state index in [1.807, 2.05) is 4.90 Å². The molecule has 1 aromatic heterocycles. The number of likely N-dealkylation sites (tertiary alicyclic amines) is 1. The fourth-order valence-electron chi connectivity index (χ4n) is 7.19. The van der Waals surface area contributed by atoms with Crippen LogP contribution < -0.4 is 14.4 Å². The van der Waals surface area contributed by atoms with Crippen LogP contribution in [0.5, 0.6) is 11.5 Å². The van der Waals surface area contributed by atoms with Gasteiger partial charge in [0.15, 0.2) is 23.1 Å². The second kappa shape index (κ2) is 15.4. The van der Waals surface area contributed by atoms with Crippen LogP contribution in [0.3, 0.4) is 0 Å². The number of amides is 1. The molecule has 5 heterocycles. The van der Waals surface area contributed by atoms with Crippen molar-refractivity contribution in [2.75, 3.05) is 77.1 Å². The van der Waals surface area contributed by atoms with Crippen LogP contribution in [0, 0.1) is 11.2 Å². The Morgan fingerprint density at radius 1 is 1.14 bits per heavy atom. The summed E-state index contributed by atoms with van der Waals surface area (Å²) in [5.74, 6) is -1.89. The second-order valence-corrected chi connectivity index (χ2v) is 15.8. The van der Waals surface area contributed by atoms with Crippen LogP contribution in [0.2, 0.25) is 0 Å². The molecule has 4 fully saturated rings. The number of hydrogen-bond acceptors (Lipinski definition) is 10. The molecule has 0 bridgehead atoms. The molecule has 1 spiro atoms. The van der Waals surface area contributed by atoms with E-state index < -0.39 is 46.4 Å². The van der Waals surface area contributed by atoms with Gasteiger partial charge in [0, 0.05) is 50.2 Å². The Morgan fingerprint density at radius 2 is 1.86 bits per heavy atom. The van der Waals surface area contributed by atoms with Crippen molar-refractivity contribution in [2.45, 2.75) is 63.9 Å². The summed E-state index contributed by atoms with van der Waals surface area (Å²) in [6.45, 7) is 7.11. The van der Waals surface area contributed by atoms with Crippen molar-refractivity contribution in [3.8, 4) is 11.5 Å². The molecule has 4 aliphatic heterocycles. The summed E-state index contributed by atoms with van der Waals surface area (Å²) in [6.07, 6.45) is 1.43. The predicted octanol–water partition coefficient (Wildman–Crippen LogP) is 3.44. The first-order chi connectivity index (χ1) is 24.2. The summed E-state index contributed by atoms with van der Waals surface area (Å²) >= 11 is 0. The summed E-state index contributed by atoms with van der Waals surface area (Å²) in [5, 5.41) is 0. The molecule has 282 valence electrons. The zero-order chi connectivity index (χ0) is 36.4. The Kier molecular flexibility index (Phi) is 11.4. The van der Waals surface area contributed by atoms with Crippen molar-refractivity contribution in [2.24, 2.45) is 5.41 Å². The molecule has 6 rings (SSSR count). The lowest BCUT2D eigenvalue weighted by Crippen LogP contribution is -2.61. The molecular weight excluding hydrogens is 698 g/mol. The zero-order valence-electron chi connectivity index (χ0n) is 28.8. The minimum Gasteiger partial charge on any atom is -0.448 e. The van der Waals surface area contributed by atoms with Gasteiger partial charge in [0.25, 0.3) is 16.1 Å². The van der Waals surface area contributed by atoms with Gasteiger partial charge in [-0.25, -0.2) is 14.4 Å². The van der Waals surface area contributed by atoms with Gasteiger partial charge in [0.1, 0.15) is 12.9 Å². The van der Waals surface area contributed by atoms with E-state index in [2.05, 4.69) is 19.6 Å². The number of ether oxygens (including phenoxy) is 3. The summed E-state index contributed by atoms with van der Waals surface area (Å²) in [4.78, 5) is 26.7. The molecule has 1 aromatic carbocycles. The number of nitrogens with one attached hydrogen (secondary N) is 1. The van der Waals surface area contributed by atoms with Crippen molar-refractivity contribution in [1.29, 1.82) is 0 Å². The predicted molar refractivity (Wildman–Crippen MR) is 178 cm³/mol. The number of morpholine rings is 1. The van der Waals surface area contributed by atoms with Gasteiger partial charge in [-0.05, 0) is 64.8 Å². The number of benzene rings is 1. The van der Waals surface area contributed by atoms with E-state index in [4.69, 9.17) is 14.2 Å². The maximum Gasteiger partial charge on any atom is 0.406 e. The number of rotatable bonds is 11. The third-order valence-corrected chi connectivity index (χ3v) is 11.7. The van der Waals surface area contributed by atoms with Crippen LogP contribution in [-0.4, -0.2) is 135 Å². The minimum atomic E-state index is -4.64. The van der Waals surface area contributed by atoms with Crippen molar-refractivity contribution in [3.05, 3.63) is 42.1 Å². The lowest BCUT2D eigenvalue weighted by atomic mass is 9.72. The fourth-order valence-corrected chi connectivity index (χ4v) is 8.58. The van der Waals surface area contributed by atoms with Crippen molar-refractivity contribution < 1.29 is 45.0 Å². The lowest BCUT2D eigenvalue weighted by molar-refractivity contribution is -0.143. The number of alkyl halides is 3. The van der Waals surface area contributed by atoms with Gasteiger partial charge in [-0.3, -0.25) is 4.79 Å². The van der Waals surface area contributed by atoms with E-state index in [9.17, 15) is 26.4 Å². The number of para-hydroxylation sites is 1. The average molecular weight is 744 g/mol. The standard InChI is InChI=1S/C33H45F4N7O6S/c1-23(2)44(21-33(35,36)37)31(45)26-4-3-5-27(34)29(26)50-28-16-38-22-39-30(28)42-19-32(20-42)8-10-41(11-9-32)17-25-7-6-24(18-49-25)40-51(46,47)43-12-14-48-15-13-43/h3-5,16,22-25,40H,6-15,17-21H2,1-2H3/t24-,25+/m1/s1. The molecule has 0 saturated carbocycles. The number of carbonyl (C=O) groups excluding carboxylic acids is 1. The molecule has 4 saturated heterocycles. The fraction of sp³-hybridized carbons (Fsp3) is 0.667. The van der Waals surface area contributed by atoms with Crippen LogP contribution in [0.4, 0.5) is 23.4 Å². The Bertz CT molecular complexity index is 1620. The van der Waals surface area contributed by atoms with Crippen molar-refractivity contribution >= 4 is 21.9 Å². The zero-order valence-corrected chi connectivity index (χ0v) is 29.6. The van der Waals surface area contributed by atoms with E-state index >= 15 is 4.39 Å². The van der Waals surface area contributed by atoms with E-state index in [1.54, 1.807) is 0 Å². The number of piperidine rings is 1. The number of nitrogens with zero attached hydrogens (tertiary/aromatic N) is 6. The average Bonchev–Trinajstić information content (AvgIpc) is 3.08. The highest BCUT2D eigenvalue weighted by atomic mass is 32.2. The van der Waals surface area contributed by atoms with Crippen LogP contribution in [-0.2, 0) is 19.7 Å². The summed E-state index contributed by atoms with van der Waals surface area (Å²) in [7, 11) is -3.57. The Labute approximate surface area is 295 Å². The lowest BCUT2D eigenvalue weighted by Gasteiger charge is -2.54. The Balaban J connectivity index is 1.01. The van der Waals surface area contributed by atoms with E-state index in [0.717, 1.165) is 45.0 Å². The first-order valence-corrected chi connectivity index (χ1v) is 18.7. The highest BCUT2D eigenvalue weighted by molar-refractivity contribution is 7.87. The quantitative estimate of drug-likeness (QED) is 0.342. The van der Waals surface area contributed by atoms with Gasteiger partial charge >= 0.3 is 6.18 Å². The molecule has 1 N–H and O–H groups in total. The van der Waals surface area contributed by atoms with Gasteiger partial charge in [-0.1, -0.05) is 6.07 Å². The molecule has 18 heteroatoms. The van der Waals surface area contributed by atoms with Gasteiger partial charge in [-0.2, -0.15) is 30.6 Å². The molecule has 51 heavy (non-hydrogen) atoms. The maximum atomic E-state index is 15.2. The molecule has 1 amide bonds. The smallest absolute Gasteiger partial charge is 0.406 e. The monoisotopic (exact) mass is 743 g/mol. The highest BCUT2D eigenvalue weighted by Crippen LogP contribution is 2.45. The molecule has 0 unspecified atom stereocenters. The number of aromatic nitrogens is 2. The summed E-state index contributed by atoms with van der Waals surface area (Å²) < 4.78 is 102. The van der Waals surface area contributed by atoms with E-state index in [0.29, 0.717) is 63.1 Å². The molecule has 0 radical (unpaired) electrons. The molecule has 13 nitrogen and oxygen atoms in total. The second-order valence-electron chi connectivity index (χ2n) is 14.1. The van der Waals surface area contributed by atoms with Crippen molar-refractivity contribution in [1.82, 2.24) is 28.8 Å². The van der Waals surface area contributed by atoms with Crippen LogP contribution >= 0.6 is 0 Å². The highest BCUT2D eigenvalue weighted by Gasteiger charge is 2.46. The summed E-state index contributed by atoms with van der Waals surface area (Å²) in [6, 6.07) is 2.52. The Morgan fingerprint density at radius 3 is 2.51 bits per heavy atom. The normalized spacial score (nSPS) is 23.3. The third kappa shape index (κ3) is 9.08. The van der Waals surface area contributed by atoms with Crippen LogP contribution in [0.15, 0.2) is 30.7 Å². The van der Waals surface area contributed by atoms with Crippen LogP contribution in [0.25, 0.3) is 0 Å². The van der Waals surface area contributed by atoms with Crippen LogP contribution in [0.1, 0.15) is 49.9 Å². The SMILES string of the molecule is CC(C)N(CC(F)(F)F)C(=O)c1cccc(F)c1Oc1cncnc1N1CC2(CCN(C[C@@H]3CC[C@@H](NS(=O)(=O)N4CCOCC4)CO3)CC2)C1. The third-order valence-electron chi connectivity index (χ3n) is 10.0. The van der Waals surface area contributed by atoms with Gasteiger partial charge in [-0.15, -0.1) is 0 Å². The molecule has 0 aliphatic carbocycles. The summed E-state index contributed by atoms with van der Waals surface area (Å²) in [5.41, 5.74) is -0.286. The molecule has 2 atom stereocenters. The maximum absolute atomic E-state index is 15.2. The van der Waals surface area contributed by atoms with Gasteiger partial charge in [0.2, 0.25) is 0 Å². The first kappa shape index (κ1) is 37.6. The number of anilines is 1. The van der Waals surface area contributed by atoms with Gasteiger partial charge in [0.05, 0.1) is 37.7 Å². The molecule has 4 aliphatic rings. The number of halogens is 4. The first-order valence-electron chi connectivity index (χ1n) is 17.3. The number of hydrogen-bond donors (Lipinski definition) is 1. The van der Waals surface area contributed by atoms with E-state index in [1.165, 1.54) is 42.8 Å². The Hall–Kier alpha value is -3.16.